The topological polar surface area (TPSA) is 61.8 Å². The molecule has 0 aliphatic carbocycles. The maximum atomic E-state index is 14.7. The molecule has 0 aliphatic rings. The van der Waals surface area contributed by atoms with E-state index in [1.165, 1.54) is 24.3 Å². The van der Waals surface area contributed by atoms with Crippen LogP contribution in [0.15, 0.2) is 35.3 Å². The van der Waals surface area contributed by atoms with Gasteiger partial charge in [0.2, 0.25) is 0 Å². The first-order chi connectivity index (χ1) is 12.4. The van der Waals surface area contributed by atoms with Crippen LogP contribution in [0.25, 0.3) is 0 Å². The van der Waals surface area contributed by atoms with Crippen LogP contribution in [0, 0.1) is 11.6 Å². The van der Waals surface area contributed by atoms with Crippen molar-refractivity contribution in [2.24, 2.45) is 4.99 Å². The van der Waals surface area contributed by atoms with E-state index in [1.807, 2.05) is 6.92 Å². The van der Waals surface area contributed by atoms with Crippen LogP contribution in [0.3, 0.4) is 0 Å². The fraction of sp³-hybridized carbons (Fsp3) is 0.167. The third-order valence-corrected chi connectivity index (χ3v) is 4.54. The smallest absolute Gasteiger partial charge is 0.199 e. The quantitative estimate of drug-likeness (QED) is 0.322. The van der Waals surface area contributed by atoms with Gasteiger partial charge >= 0.3 is 0 Å². The Morgan fingerprint density at radius 2 is 2.08 bits per heavy atom. The number of nitrogens with zero attached hydrogens (tertiary/aromatic N) is 2. The summed E-state index contributed by atoms with van der Waals surface area (Å²) in [7, 11) is 1.79. The highest BCUT2D eigenvalue weighted by Crippen LogP contribution is 2.27. The molecule has 0 fully saturated rings. The highest BCUT2D eigenvalue weighted by molar-refractivity contribution is 7.98. The minimum absolute atomic E-state index is 0.0139. The molecule has 0 saturated carbocycles. The lowest BCUT2D eigenvalue weighted by Crippen LogP contribution is -2.13. The Hall–Kier alpha value is -2.58. The normalized spacial score (nSPS) is 10.7. The molecule has 5 nitrogen and oxygen atoms in total. The number of carbonyl (C=O) groups excluding carboxylic acids is 2. The van der Waals surface area contributed by atoms with Crippen LogP contribution in [0.4, 0.5) is 20.2 Å². The summed E-state index contributed by atoms with van der Waals surface area (Å²) < 4.78 is 33.4. The van der Waals surface area contributed by atoms with E-state index in [1.54, 1.807) is 11.4 Å². The number of benzene rings is 2. The predicted molar refractivity (Wildman–Crippen MR) is 100 cm³/mol. The van der Waals surface area contributed by atoms with Crippen molar-refractivity contribution in [2.75, 3.05) is 18.3 Å². The number of nitrogens with one attached hydrogen (secondary N) is 1. The molecule has 2 aromatic carbocycles. The highest BCUT2D eigenvalue weighted by atomic mass is 32.2. The Kier molecular flexibility index (Phi) is 6.59. The zero-order valence-corrected chi connectivity index (χ0v) is 15.1. The van der Waals surface area contributed by atoms with Gasteiger partial charge in [-0.15, -0.1) is 0 Å². The third kappa shape index (κ3) is 4.14. The lowest BCUT2D eigenvalue weighted by molar-refractivity contribution is 0.103. The molecule has 0 heterocycles. The van der Waals surface area contributed by atoms with Crippen LogP contribution in [0.1, 0.15) is 33.2 Å². The van der Waals surface area contributed by atoms with Gasteiger partial charge in [0.05, 0.1) is 16.9 Å². The molecular weight excluding hydrogens is 360 g/mol. The standard InChI is InChI=1S/C18H17F2N3O2S/c1-4-23(3)26-22-15-8-6-13(19)16(17(15)20)18(25)11-5-7-14(21-2)12(9-11)10-24/h5-10,22H,2,4H2,1,3H3. The van der Waals surface area contributed by atoms with Crippen LogP contribution in [-0.2, 0) is 0 Å². The van der Waals surface area contributed by atoms with Crippen molar-refractivity contribution in [3.05, 3.63) is 58.7 Å². The summed E-state index contributed by atoms with van der Waals surface area (Å²) in [5.41, 5.74) is -0.327. The van der Waals surface area contributed by atoms with Crippen LogP contribution in [0.2, 0.25) is 0 Å². The first-order valence-corrected chi connectivity index (χ1v) is 8.43. The summed E-state index contributed by atoms with van der Waals surface area (Å²) in [4.78, 5) is 27.4. The lowest BCUT2D eigenvalue weighted by Gasteiger charge is -2.15. The molecule has 8 heteroatoms. The largest absolute Gasteiger partial charge is 0.314 e. The number of hydrogen-bond acceptors (Lipinski definition) is 6. The first-order valence-electron chi connectivity index (χ1n) is 7.65. The van der Waals surface area contributed by atoms with E-state index in [2.05, 4.69) is 16.4 Å². The predicted octanol–water partition coefficient (Wildman–Crippen LogP) is 4.27. The van der Waals surface area contributed by atoms with E-state index in [9.17, 15) is 18.4 Å². The molecule has 0 aromatic heterocycles. The molecule has 1 N–H and O–H groups in total. The van der Waals surface area contributed by atoms with Crippen LogP contribution < -0.4 is 4.72 Å². The SMILES string of the molecule is C=Nc1ccc(C(=O)c2c(F)ccc(NSN(C)CC)c2F)cc1C=O. The van der Waals surface area contributed by atoms with E-state index in [-0.39, 0.29) is 22.5 Å². The molecular formula is C18H17F2N3O2S. The monoisotopic (exact) mass is 377 g/mol. The van der Waals surface area contributed by atoms with Gasteiger partial charge in [-0.1, -0.05) is 6.92 Å². The third-order valence-electron chi connectivity index (χ3n) is 3.66. The van der Waals surface area contributed by atoms with Gasteiger partial charge in [0.25, 0.3) is 0 Å². The second-order valence-corrected chi connectivity index (χ2v) is 6.31. The molecule has 0 amide bonds. The van der Waals surface area contributed by atoms with Crippen molar-refractivity contribution in [2.45, 2.75) is 6.92 Å². The van der Waals surface area contributed by atoms with Gasteiger partial charge in [-0.3, -0.25) is 14.6 Å². The minimum atomic E-state index is -0.995. The average Bonchev–Trinajstić information content (AvgIpc) is 2.66. The maximum absolute atomic E-state index is 14.7. The van der Waals surface area contributed by atoms with E-state index >= 15 is 0 Å². The summed E-state index contributed by atoms with van der Waals surface area (Å²) in [6, 6.07) is 6.22. The van der Waals surface area contributed by atoms with Gasteiger partial charge in [0, 0.05) is 29.8 Å². The number of ketones is 1. The molecule has 0 bridgehead atoms. The number of hydrogen-bond donors (Lipinski definition) is 1. The van der Waals surface area contributed by atoms with Crippen molar-refractivity contribution in [3.63, 3.8) is 0 Å². The van der Waals surface area contributed by atoms with E-state index in [0.717, 1.165) is 18.2 Å². The Bertz CT molecular complexity index is 859. The van der Waals surface area contributed by atoms with Gasteiger partial charge in [-0.2, -0.15) is 0 Å². The molecule has 0 saturated heterocycles. The molecule has 0 aliphatic heterocycles. The number of halogens is 2. The second-order valence-electron chi connectivity index (χ2n) is 5.30. The number of carbonyl (C=O) groups is 2. The van der Waals surface area contributed by atoms with Gasteiger partial charge < -0.3 is 4.72 Å². The number of aliphatic imine (C=N–C) groups is 1. The zero-order chi connectivity index (χ0) is 19.3. The van der Waals surface area contributed by atoms with E-state index in [0.29, 0.717) is 12.8 Å². The maximum Gasteiger partial charge on any atom is 0.199 e. The van der Waals surface area contributed by atoms with E-state index in [4.69, 9.17) is 0 Å². The van der Waals surface area contributed by atoms with Crippen molar-refractivity contribution in [1.82, 2.24) is 4.31 Å². The fourth-order valence-electron chi connectivity index (χ4n) is 2.11. The summed E-state index contributed by atoms with van der Waals surface area (Å²) in [6.45, 7) is 5.94. The van der Waals surface area contributed by atoms with Crippen molar-refractivity contribution < 1.29 is 18.4 Å². The molecule has 0 spiro atoms. The molecule has 2 aromatic rings. The van der Waals surface area contributed by atoms with Crippen LogP contribution in [-0.4, -0.2) is 36.7 Å². The molecule has 2 rings (SSSR count). The van der Waals surface area contributed by atoms with Crippen LogP contribution in [0.5, 0.6) is 0 Å². The molecule has 0 unspecified atom stereocenters. The highest BCUT2D eigenvalue weighted by Gasteiger charge is 2.23. The van der Waals surface area contributed by atoms with Gasteiger partial charge in [0.15, 0.2) is 17.9 Å². The fourth-order valence-corrected chi connectivity index (χ4v) is 2.65. The van der Waals surface area contributed by atoms with Crippen molar-refractivity contribution >= 4 is 42.3 Å². The lowest BCUT2D eigenvalue weighted by atomic mass is 9.99. The Morgan fingerprint density at radius 3 is 2.69 bits per heavy atom. The summed E-state index contributed by atoms with van der Waals surface area (Å²) in [6.07, 6.45) is 0.503. The first kappa shape index (κ1) is 19.7. The summed E-state index contributed by atoms with van der Waals surface area (Å²) in [5.74, 6) is -2.84. The minimum Gasteiger partial charge on any atom is -0.314 e. The number of aldehydes is 1. The number of rotatable bonds is 8. The summed E-state index contributed by atoms with van der Waals surface area (Å²) >= 11 is 1.12. The van der Waals surface area contributed by atoms with E-state index < -0.39 is 23.0 Å². The summed E-state index contributed by atoms with van der Waals surface area (Å²) in [5, 5.41) is 0. The Labute approximate surface area is 154 Å². The van der Waals surface area contributed by atoms with Crippen molar-refractivity contribution in [3.8, 4) is 0 Å². The van der Waals surface area contributed by atoms with Crippen molar-refractivity contribution in [1.29, 1.82) is 0 Å². The van der Waals surface area contributed by atoms with Crippen LogP contribution >= 0.6 is 12.1 Å². The zero-order valence-electron chi connectivity index (χ0n) is 14.3. The van der Waals surface area contributed by atoms with Gasteiger partial charge in [0.1, 0.15) is 5.82 Å². The molecule has 0 atom stereocenters. The van der Waals surface area contributed by atoms with Gasteiger partial charge in [-0.25, -0.2) is 13.1 Å². The Balaban J connectivity index is 2.42. The second kappa shape index (κ2) is 8.68. The number of anilines is 1. The Morgan fingerprint density at radius 1 is 1.35 bits per heavy atom. The molecule has 0 radical (unpaired) electrons. The molecule has 136 valence electrons. The molecule has 26 heavy (non-hydrogen) atoms. The van der Waals surface area contributed by atoms with Gasteiger partial charge in [-0.05, 0) is 44.1 Å². The average molecular weight is 377 g/mol.